The second kappa shape index (κ2) is 9.28. The van der Waals surface area contributed by atoms with Crippen molar-refractivity contribution in [2.75, 3.05) is 19.0 Å². The molecule has 0 atom stereocenters. The SMILES string of the molecule is CCCCOC(=O)c1ccc(NC2(c3ccc(OC)cc3)C(=O)c3ccccc3C2=O)cc1. The number of hydrogen-bond acceptors (Lipinski definition) is 6. The first-order valence-electron chi connectivity index (χ1n) is 10.9. The number of anilines is 1. The highest BCUT2D eigenvalue weighted by Gasteiger charge is 2.54. The lowest BCUT2D eigenvalue weighted by molar-refractivity contribution is 0.0499. The van der Waals surface area contributed by atoms with Crippen LogP contribution in [-0.4, -0.2) is 31.3 Å². The van der Waals surface area contributed by atoms with Crippen LogP contribution in [0.1, 0.15) is 56.4 Å². The molecule has 0 unspecified atom stereocenters. The molecule has 6 heteroatoms. The number of benzene rings is 3. The monoisotopic (exact) mass is 443 g/mol. The summed E-state index contributed by atoms with van der Waals surface area (Å²) in [5.41, 5.74) is 0.591. The number of nitrogens with one attached hydrogen (secondary N) is 1. The first-order chi connectivity index (χ1) is 16.0. The van der Waals surface area contributed by atoms with E-state index in [1.807, 2.05) is 6.92 Å². The quantitative estimate of drug-likeness (QED) is 0.298. The van der Waals surface area contributed by atoms with Gasteiger partial charge in [0.05, 0.1) is 19.3 Å². The van der Waals surface area contributed by atoms with Crippen molar-refractivity contribution in [3.05, 3.63) is 95.1 Å². The van der Waals surface area contributed by atoms with E-state index in [4.69, 9.17) is 9.47 Å². The maximum atomic E-state index is 13.6. The van der Waals surface area contributed by atoms with Gasteiger partial charge in [0.25, 0.3) is 0 Å². The van der Waals surface area contributed by atoms with Gasteiger partial charge in [-0.3, -0.25) is 9.59 Å². The zero-order chi connectivity index (χ0) is 23.4. The molecule has 1 aliphatic carbocycles. The zero-order valence-electron chi connectivity index (χ0n) is 18.6. The predicted octanol–water partition coefficient (Wildman–Crippen LogP) is 5.04. The van der Waals surface area contributed by atoms with Crippen molar-refractivity contribution in [2.45, 2.75) is 25.3 Å². The lowest BCUT2D eigenvalue weighted by Gasteiger charge is -2.29. The first kappa shape index (κ1) is 22.3. The van der Waals surface area contributed by atoms with Crippen molar-refractivity contribution in [3.63, 3.8) is 0 Å². The lowest BCUT2D eigenvalue weighted by Crippen LogP contribution is -2.46. The number of carbonyl (C=O) groups excluding carboxylic acids is 3. The molecule has 4 rings (SSSR count). The van der Waals surface area contributed by atoms with Crippen molar-refractivity contribution in [3.8, 4) is 5.75 Å². The average molecular weight is 443 g/mol. The number of esters is 1. The lowest BCUT2D eigenvalue weighted by atomic mass is 9.84. The third-order valence-corrected chi connectivity index (χ3v) is 5.80. The third kappa shape index (κ3) is 4.00. The van der Waals surface area contributed by atoms with Crippen LogP contribution in [-0.2, 0) is 10.3 Å². The molecule has 33 heavy (non-hydrogen) atoms. The fourth-order valence-electron chi connectivity index (χ4n) is 3.97. The van der Waals surface area contributed by atoms with Gasteiger partial charge in [-0.1, -0.05) is 49.7 Å². The van der Waals surface area contributed by atoms with Crippen molar-refractivity contribution < 1.29 is 23.9 Å². The second-order valence-corrected chi connectivity index (χ2v) is 7.87. The van der Waals surface area contributed by atoms with Crippen LogP contribution in [0.3, 0.4) is 0 Å². The molecule has 168 valence electrons. The molecular formula is C27H25NO5. The number of unbranched alkanes of at least 4 members (excludes halogenated alkanes) is 1. The fourth-order valence-corrected chi connectivity index (χ4v) is 3.97. The Morgan fingerprint density at radius 3 is 2.03 bits per heavy atom. The molecule has 0 saturated carbocycles. The van der Waals surface area contributed by atoms with Crippen LogP contribution in [0.25, 0.3) is 0 Å². The minimum absolute atomic E-state index is 0.323. The zero-order valence-corrected chi connectivity index (χ0v) is 18.6. The van der Waals surface area contributed by atoms with Crippen LogP contribution < -0.4 is 10.1 Å². The van der Waals surface area contributed by atoms with Gasteiger partial charge in [0.15, 0.2) is 5.54 Å². The number of fused-ring (bicyclic) bond motifs is 1. The molecule has 6 nitrogen and oxygen atoms in total. The standard InChI is InChI=1S/C27H25NO5/c1-3-4-17-33-26(31)18-9-13-20(14-10-18)28-27(19-11-15-21(32-2)16-12-19)24(29)22-7-5-6-8-23(22)25(27)30/h5-16,28H,3-4,17H2,1-2H3. The number of ketones is 2. The smallest absolute Gasteiger partial charge is 0.338 e. The molecule has 0 bridgehead atoms. The Labute approximate surface area is 192 Å². The largest absolute Gasteiger partial charge is 0.497 e. The van der Waals surface area contributed by atoms with Gasteiger partial charge in [0.1, 0.15) is 5.75 Å². The molecule has 1 aliphatic rings. The van der Waals surface area contributed by atoms with Crippen LogP contribution in [0.5, 0.6) is 5.75 Å². The predicted molar refractivity (Wildman–Crippen MR) is 125 cm³/mol. The summed E-state index contributed by atoms with van der Waals surface area (Å²) in [4.78, 5) is 39.5. The molecule has 0 fully saturated rings. The summed E-state index contributed by atoms with van der Waals surface area (Å²) in [6.45, 7) is 2.40. The van der Waals surface area contributed by atoms with Crippen molar-refractivity contribution in [1.82, 2.24) is 0 Å². The van der Waals surface area contributed by atoms with E-state index in [-0.39, 0.29) is 11.6 Å². The molecule has 3 aromatic carbocycles. The molecule has 0 heterocycles. The summed E-state index contributed by atoms with van der Waals surface area (Å²) in [5.74, 6) is -0.428. The van der Waals surface area contributed by atoms with Crippen LogP contribution in [0.15, 0.2) is 72.8 Å². The normalized spacial score (nSPS) is 14.0. The minimum Gasteiger partial charge on any atom is -0.497 e. The van der Waals surface area contributed by atoms with Crippen LogP contribution >= 0.6 is 0 Å². The number of carbonyl (C=O) groups is 3. The highest BCUT2D eigenvalue weighted by molar-refractivity contribution is 6.34. The van der Waals surface area contributed by atoms with Gasteiger partial charge in [-0.15, -0.1) is 0 Å². The van der Waals surface area contributed by atoms with Gasteiger partial charge in [-0.25, -0.2) is 4.79 Å². The topological polar surface area (TPSA) is 81.7 Å². The summed E-state index contributed by atoms with van der Waals surface area (Å²) in [6.07, 6.45) is 1.74. The molecule has 0 amide bonds. The number of ether oxygens (including phenoxy) is 2. The average Bonchev–Trinajstić information content (AvgIpc) is 3.07. The Hall–Kier alpha value is -3.93. The molecule has 0 saturated heterocycles. The number of methoxy groups -OCH3 is 1. The van der Waals surface area contributed by atoms with E-state index in [9.17, 15) is 14.4 Å². The maximum Gasteiger partial charge on any atom is 0.338 e. The van der Waals surface area contributed by atoms with Gasteiger partial charge in [-0.05, 0) is 48.4 Å². The van der Waals surface area contributed by atoms with Crippen LogP contribution in [0.2, 0.25) is 0 Å². The number of hydrogen-bond donors (Lipinski definition) is 1. The van der Waals surface area contributed by atoms with E-state index < -0.39 is 11.5 Å². The Balaban J connectivity index is 1.69. The minimum atomic E-state index is -1.61. The molecule has 0 aliphatic heterocycles. The maximum absolute atomic E-state index is 13.6. The van der Waals surface area contributed by atoms with E-state index in [2.05, 4.69) is 5.32 Å². The van der Waals surface area contributed by atoms with Crippen molar-refractivity contribution in [1.29, 1.82) is 0 Å². The number of rotatable bonds is 8. The second-order valence-electron chi connectivity index (χ2n) is 7.87. The Morgan fingerprint density at radius 2 is 1.48 bits per heavy atom. The van der Waals surface area contributed by atoms with Gasteiger partial charge >= 0.3 is 5.97 Å². The highest BCUT2D eigenvalue weighted by Crippen LogP contribution is 2.41. The van der Waals surface area contributed by atoms with Gasteiger partial charge < -0.3 is 14.8 Å². The summed E-state index contributed by atoms with van der Waals surface area (Å²) in [5, 5.41) is 3.18. The summed E-state index contributed by atoms with van der Waals surface area (Å²) >= 11 is 0. The molecule has 0 aromatic heterocycles. The molecular weight excluding hydrogens is 418 g/mol. The number of Topliss-reactive ketones (excluding diaryl/α,β-unsaturated/α-hetero) is 2. The van der Waals surface area contributed by atoms with E-state index in [0.29, 0.717) is 40.3 Å². The van der Waals surface area contributed by atoms with E-state index >= 15 is 0 Å². The van der Waals surface area contributed by atoms with Crippen molar-refractivity contribution in [2.24, 2.45) is 0 Å². The highest BCUT2D eigenvalue weighted by atomic mass is 16.5. The molecule has 0 radical (unpaired) electrons. The fraction of sp³-hybridized carbons (Fsp3) is 0.222. The summed E-state index contributed by atoms with van der Waals surface area (Å²) < 4.78 is 10.5. The molecule has 3 aromatic rings. The summed E-state index contributed by atoms with van der Waals surface area (Å²) in [7, 11) is 1.56. The first-order valence-corrected chi connectivity index (χ1v) is 10.9. The Kier molecular flexibility index (Phi) is 6.27. The third-order valence-electron chi connectivity index (χ3n) is 5.80. The Bertz CT molecular complexity index is 1150. The van der Waals surface area contributed by atoms with Gasteiger partial charge in [-0.2, -0.15) is 0 Å². The molecule has 0 spiro atoms. The van der Waals surface area contributed by atoms with Crippen LogP contribution in [0, 0.1) is 0 Å². The Morgan fingerprint density at radius 1 is 0.879 bits per heavy atom. The van der Waals surface area contributed by atoms with Gasteiger partial charge in [0, 0.05) is 16.8 Å². The van der Waals surface area contributed by atoms with Crippen molar-refractivity contribution >= 4 is 23.2 Å². The van der Waals surface area contributed by atoms with Gasteiger partial charge in [0.2, 0.25) is 11.6 Å². The summed E-state index contributed by atoms with van der Waals surface area (Å²) in [6, 6.07) is 20.3. The van der Waals surface area contributed by atoms with E-state index in [1.165, 1.54) is 0 Å². The van der Waals surface area contributed by atoms with E-state index in [1.54, 1.807) is 79.9 Å². The molecule has 1 N–H and O–H groups in total. The van der Waals surface area contributed by atoms with Crippen LogP contribution in [0.4, 0.5) is 5.69 Å². The van der Waals surface area contributed by atoms with E-state index in [0.717, 1.165) is 12.8 Å².